The molecule has 2 heteroatoms. The second-order valence-electron chi connectivity index (χ2n) is 3.67. The molecule has 0 aliphatic carbocycles. The Morgan fingerprint density at radius 2 is 1.69 bits per heavy atom. The topological polar surface area (TPSA) is 33.4 Å². The van der Waals surface area contributed by atoms with Crippen LogP contribution in [0.15, 0.2) is 59.2 Å². The Morgan fingerprint density at radius 1 is 0.875 bits per heavy atom. The van der Waals surface area contributed by atoms with Crippen LogP contribution in [0, 0.1) is 0 Å². The fraction of sp³-hybridized carbons (Fsp3) is 0. The third kappa shape index (κ3) is 1.27. The van der Waals surface area contributed by atoms with Crippen LogP contribution >= 0.6 is 0 Å². The number of rotatable bonds is 1. The fourth-order valence-corrected chi connectivity index (χ4v) is 1.93. The van der Waals surface area contributed by atoms with E-state index in [0.717, 1.165) is 16.5 Å². The molecule has 78 valence electrons. The summed E-state index contributed by atoms with van der Waals surface area (Å²) in [4.78, 5) is 0. The van der Waals surface area contributed by atoms with Crippen LogP contribution in [0.5, 0.6) is 5.75 Å². The molecule has 0 saturated carbocycles. The minimum atomic E-state index is 0.189. The van der Waals surface area contributed by atoms with Gasteiger partial charge in [-0.15, -0.1) is 0 Å². The minimum Gasteiger partial charge on any atom is -0.504 e. The van der Waals surface area contributed by atoms with Crippen LogP contribution in [-0.2, 0) is 0 Å². The van der Waals surface area contributed by atoms with Gasteiger partial charge < -0.3 is 9.52 Å². The van der Waals surface area contributed by atoms with Gasteiger partial charge in [-0.25, -0.2) is 0 Å². The van der Waals surface area contributed by atoms with Crippen molar-refractivity contribution in [3.05, 3.63) is 54.8 Å². The maximum Gasteiger partial charge on any atom is 0.162 e. The first kappa shape index (κ1) is 9.04. The smallest absolute Gasteiger partial charge is 0.162 e. The molecule has 0 aliphatic rings. The summed E-state index contributed by atoms with van der Waals surface area (Å²) in [6.45, 7) is 0. The highest BCUT2D eigenvalue weighted by Crippen LogP contribution is 2.35. The summed E-state index contributed by atoms with van der Waals surface area (Å²) < 4.78 is 5.26. The van der Waals surface area contributed by atoms with Crippen LogP contribution in [0.25, 0.3) is 22.1 Å². The summed E-state index contributed by atoms with van der Waals surface area (Å²) in [5, 5.41) is 10.5. The van der Waals surface area contributed by atoms with Crippen molar-refractivity contribution in [2.24, 2.45) is 0 Å². The van der Waals surface area contributed by atoms with Gasteiger partial charge in [0.15, 0.2) is 5.75 Å². The molecule has 0 radical (unpaired) electrons. The second kappa shape index (κ2) is 3.42. The zero-order chi connectivity index (χ0) is 11.0. The summed E-state index contributed by atoms with van der Waals surface area (Å²) in [5.74, 6) is 0.189. The maximum atomic E-state index is 9.76. The maximum absolute atomic E-state index is 9.76. The van der Waals surface area contributed by atoms with Gasteiger partial charge in [0.1, 0.15) is 11.8 Å². The van der Waals surface area contributed by atoms with E-state index in [-0.39, 0.29) is 5.75 Å². The molecule has 0 aliphatic heterocycles. The van der Waals surface area contributed by atoms with Crippen molar-refractivity contribution in [1.29, 1.82) is 0 Å². The normalized spacial score (nSPS) is 10.8. The Bertz CT molecular complexity index is 624. The Labute approximate surface area is 92.8 Å². The van der Waals surface area contributed by atoms with Crippen LogP contribution in [0.2, 0.25) is 0 Å². The van der Waals surface area contributed by atoms with E-state index in [1.165, 1.54) is 6.26 Å². The van der Waals surface area contributed by atoms with Gasteiger partial charge in [-0.3, -0.25) is 0 Å². The van der Waals surface area contributed by atoms with Crippen molar-refractivity contribution >= 4 is 11.0 Å². The lowest BCUT2D eigenvalue weighted by molar-refractivity contribution is 0.464. The summed E-state index contributed by atoms with van der Waals surface area (Å²) >= 11 is 0. The van der Waals surface area contributed by atoms with Crippen molar-refractivity contribution in [1.82, 2.24) is 0 Å². The third-order valence-corrected chi connectivity index (χ3v) is 2.66. The molecule has 0 bridgehead atoms. The van der Waals surface area contributed by atoms with E-state index in [2.05, 4.69) is 0 Å². The van der Waals surface area contributed by atoms with Crippen LogP contribution in [0.3, 0.4) is 0 Å². The van der Waals surface area contributed by atoms with E-state index >= 15 is 0 Å². The first-order chi connectivity index (χ1) is 7.86. The molecule has 0 spiro atoms. The van der Waals surface area contributed by atoms with Crippen molar-refractivity contribution in [2.75, 3.05) is 0 Å². The molecule has 3 rings (SSSR count). The monoisotopic (exact) mass is 210 g/mol. The number of aromatic hydroxyl groups is 1. The molecule has 1 heterocycles. The van der Waals surface area contributed by atoms with Gasteiger partial charge in [0.05, 0.1) is 5.39 Å². The molecule has 0 atom stereocenters. The quantitative estimate of drug-likeness (QED) is 0.662. The van der Waals surface area contributed by atoms with Gasteiger partial charge in [-0.2, -0.15) is 0 Å². The van der Waals surface area contributed by atoms with Gasteiger partial charge >= 0.3 is 0 Å². The molecule has 0 fully saturated rings. The average molecular weight is 210 g/mol. The highest BCUT2D eigenvalue weighted by atomic mass is 16.4. The molecular formula is C14H10O2. The van der Waals surface area contributed by atoms with Gasteiger partial charge in [0.25, 0.3) is 0 Å². The van der Waals surface area contributed by atoms with Gasteiger partial charge in [-0.1, -0.05) is 42.5 Å². The van der Waals surface area contributed by atoms with Gasteiger partial charge in [-0.05, 0) is 17.2 Å². The van der Waals surface area contributed by atoms with Gasteiger partial charge in [0, 0.05) is 0 Å². The summed E-state index contributed by atoms with van der Waals surface area (Å²) in [5.41, 5.74) is 2.77. The number of fused-ring (bicyclic) bond motifs is 1. The summed E-state index contributed by atoms with van der Waals surface area (Å²) in [6, 6.07) is 15.7. The van der Waals surface area contributed by atoms with Crippen LogP contribution in [0.4, 0.5) is 0 Å². The SMILES string of the molecule is Oc1coc2cccc(-c3ccccc3)c12. The zero-order valence-corrected chi connectivity index (χ0v) is 8.55. The highest BCUT2D eigenvalue weighted by molar-refractivity contribution is 5.98. The zero-order valence-electron chi connectivity index (χ0n) is 8.55. The van der Waals surface area contributed by atoms with Crippen molar-refractivity contribution in [3.8, 4) is 16.9 Å². The standard InChI is InChI=1S/C14H10O2/c15-12-9-16-13-8-4-7-11(14(12)13)10-5-2-1-3-6-10/h1-9,15H. The highest BCUT2D eigenvalue weighted by Gasteiger charge is 2.10. The van der Waals surface area contributed by atoms with E-state index in [4.69, 9.17) is 4.42 Å². The Kier molecular flexibility index (Phi) is 1.93. The minimum absolute atomic E-state index is 0.189. The Hall–Kier alpha value is -2.22. The van der Waals surface area contributed by atoms with Crippen molar-refractivity contribution in [3.63, 3.8) is 0 Å². The van der Waals surface area contributed by atoms with Gasteiger partial charge in [0.2, 0.25) is 0 Å². The molecule has 0 saturated heterocycles. The van der Waals surface area contributed by atoms with E-state index in [1.54, 1.807) is 0 Å². The number of hydrogen-bond donors (Lipinski definition) is 1. The third-order valence-electron chi connectivity index (χ3n) is 2.66. The molecule has 16 heavy (non-hydrogen) atoms. The molecule has 0 unspecified atom stereocenters. The fourth-order valence-electron chi connectivity index (χ4n) is 1.93. The van der Waals surface area contributed by atoms with Crippen LogP contribution < -0.4 is 0 Å². The molecular weight excluding hydrogens is 200 g/mol. The lowest BCUT2D eigenvalue weighted by Crippen LogP contribution is -1.77. The van der Waals surface area contributed by atoms with E-state index in [9.17, 15) is 5.11 Å². The number of furan rings is 1. The molecule has 1 N–H and O–H groups in total. The van der Waals surface area contributed by atoms with Crippen molar-refractivity contribution in [2.45, 2.75) is 0 Å². The second-order valence-corrected chi connectivity index (χ2v) is 3.67. The first-order valence-electron chi connectivity index (χ1n) is 5.11. The predicted octanol–water partition coefficient (Wildman–Crippen LogP) is 3.81. The number of hydrogen-bond acceptors (Lipinski definition) is 2. The van der Waals surface area contributed by atoms with Crippen LogP contribution in [-0.4, -0.2) is 5.11 Å². The van der Waals surface area contributed by atoms with E-state index in [0.29, 0.717) is 5.58 Å². The van der Waals surface area contributed by atoms with E-state index < -0.39 is 0 Å². The lowest BCUT2D eigenvalue weighted by Gasteiger charge is -2.02. The average Bonchev–Trinajstić information content (AvgIpc) is 2.73. The Morgan fingerprint density at radius 3 is 2.50 bits per heavy atom. The molecule has 3 aromatic rings. The van der Waals surface area contributed by atoms with Crippen LogP contribution in [0.1, 0.15) is 0 Å². The molecule has 2 nitrogen and oxygen atoms in total. The number of benzene rings is 2. The summed E-state index contributed by atoms with van der Waals surface area (Å²) in [7, 11) is 0. The largest absolute Gasteiger partial charge is 0.504 e. The first-order valence-corrected chi connectivity index (χ1v) is 5.11. The molecule has 0 amide bonds. The summed E-state index contributed by atoms with van der Waals surface area (Å²) in [6.07, 6.45) is 1.37. The van der Waals surface area contributed by atoms with E-state index in [1.807, 2.05) is 48.5 Å². The van der Waals surface area contributed by atoms with Crippen molar-refractivity contribution < 1.29 is 9.52 Å². The molecule has 1 aromatic heterocycles. The predicted molar refractivity (Wildman–Crippen MR) is 63.3 cm³/mol. The molecule has 2 aromatic carbocycles. The lowest BCUT2D eigenvalue weighted by atomic mass is 10.0. The Balaban J connectivity index is 2.36.